The number of halogens is 1. The second-order valence-electron chi connectivity index (χ2n) is 6.95. The molecule has 2 amide bonds. The number of carbonyl (C=O) groups excluding carboxylic acids is 2. The summed E-state index contributed by atoms with van der Waals surface area (Å²) in [4.78, 5) is 24.8. The second-order valence-corrected chi connectivity index (χ2v) is 7.39. The molecule has 0 aliphatic rings. The first kappa shape index (κ1) is 19.5. The van der Waals surface area contributed by atoms with E-state index in [4.69, 9.17) is 11.6 Å². The van der Waals surface area contributed by atoms with Crippen LogP contribution >= 0.6 is 11.6 Å². The molecule has 2 atom stereocenters. The normalized spacial score (nSPS) is 14.0. The molecular formula is C17H27ClN3O2+. The molecule has 0 aliphatic heterocycles. The summed E-state index contributed by atoms with van der Waals surface area (Å²) in [6.45, 7) is 8.20. The lowest BCUT2D eigenvalue weighted by Crippen LogP contribution is -3.11. The molecule has 6 heteroatoms. The van der Waals surface area contributed by atoms with E-state index in [-0.39, 0.29) is 36.5 Å². The Morgan fingerprint density at radius 1 is 1.22 bits per heavy atom. The predicted molar refractivity (Wildman–Crippen MR) is 92.5 cm³/mol. The van der Waals surface area contributed by atoms with Gasteiger partial charge in [-0.3, -0.25) is 9.59 Å². The van der Waals surface area contributed by atoms with Crippen molar-refractivity contribution in [2.75, 3.05) is 20.1 Å². The van der Waals surface area contributed by atoms with Crippen LogP contribution in [0.1, 0.15) is 39.3 Å². The molecule has 0 heterocycles. The Balaban J connectivity index is 2.45. The van der Waals surface area contributed by atoms with Crippen LogP contribution in [0.3, 0.4) is 0 Å². The van der Waals surface area contributed by atoms with Crippen molar-refractivity contribution in [3.8, 4) is 0 Å². The molecule has 0 aromatic heterocycles. The summed E-state index contributed by atoms with van der Waals surface area (Å²) in [6.07, 6.45) is 0. The monoisotopic (exact) mass is 340 g/mol. The molecule has 1 aromatic carbocycles. The minimum atomic E-state index is -0.263. The smallest absolute Gasteiger partial charge is 0.275 e. The highest BCUT2D eigenvalue weighted by Gasteiger charge is 2.19. The average Bonchev–Trinajstić information content (AvgIpc) is 2.35. The first-order chi connectivity index (χ1) is 10.6. The third-order valence-electron chi connectivity index (χ3n) is 3.17. The van der Waals surface area contributed by atoms with E-state index >= 15 is 0 Å². The summed E-state index contributed by atoms with van der Waals surface area (Å²) in [6, 6.07) is 7.28. The number of hydrogen-bond donors (Lipinski definition) is 3. The maximum Gasteiger partial charge on any atom is 0.275 e. The molecule has 23 heavy (non-hydrogen) atoms. The van der Waals surface area contributed by atoms with Crippen LogP contribution in [0.2, 0.25) is 5.02 Å². The van der Waals surface area contributed by atoms with Crippen LogP contribution in [0, 0.1) is 0 Å². The Morgan fingerprint density at radius 3 is 2.39 bits per heavy atom. The number of amides is 2. The predicted octanol–water partition coefficient (Wildman–Crippen LogP) is 0.947. The van der Waals surface area contributed by atoms with Gasteiger partial charge in [-0.25, -0.2) is 0 Å². The van der Waals surface area contributed by atoms with Crippen LogP contribution in [0.5, 0.6) is 0 Å². The van der Waals surface area contributed by atoms with E-state index in [0.717, 1.165) is 10.5 Å². The van der Waals surface area contributed by atoms with E-state index in [2.05, 4.69) is 10.6 Å². The summed E-state index contributed by atoms with van der Waals surface area (Å²) in [7, 11) is 1.83. The summed E-state index contributed by atoms with van der Waals surface area (Å²) >= 11 is 5.96. The molecule has 0 bridgehead atoms. The van der Waals surface area contributed by atoms with E-state index in [1.807, 2.05) is 52.9 Å². The molecule has 0 radical (unpaired) electrons. The molecule has 1 rings (SSSR count). The van der Waals surface area contributed by atoms with Gasteiger partial charge in [0.1, 0.15) is 0 Å². The van der Waals surface area contributed by atoms with Gasteiger partial charge in [-0.05, 0) is 45.4 Å². The molecule has 0 fully saturated rings. The number of rotatable bonds is 6. The number of carbonyl (C=O) groups is 2. The number of quaternary nitrogens is 1. The lowest BCUT2D eigenvalue weighted by atomic mass is 10.1. The van der Waals surface area contributed by atoms with Gasteiger partial charge in [-0.2, -0.15) is 0 Å². The summed E-state index contributed by atoms with van der Waals surface area (Å²) in [5.41, 5.74) is 0.690. The van der Waals surface area contributed by atoms with Crippen molar-refractivity contribution >= 4 is 23.4 Å². The lowest BCUT2D eigenvalue weighted by Gasteiger charge is -2.22. The van der Waals surface area contributed by atoms with Crippen LogP contribution in [0.4, 0.5) is 0 Å². The third-order valence-corrected chi connectivity index (χ3v) is 3.40. The fourth-order valence-electron chi connectivity index (χ4n) is 2.22. The summed E-state index contributed by atoms with van der Waals surface area (Å²) < 4.78 is 0. The SMILES string of the molecule is C[C@@H](NC(=O)C[NH+](C)CC(=O)NC(C)(C)C)c1cccc(Cl)c1. The summed E-state index contributed by atoms with van der Waals surface area (Å²) in [5, 5.41) is 6.46. The quantitative estimate of drug-likeness (QED) is 0.722. The first-order valence-electron chi connectivity index (χ1n) is 7.74. The van der Waals surface area contributed by atoms with Gasteiger partial charge in [0.05, 0.1) is 13.1 Å². The number of likely N-dealkylation sites (N-methyl/N-ethyl adjacent to an activating group) is 1. The standard InChI is InChI=1S/C17H26ClN3O2/c1-12(13-7-6-8-14(18)9-13)19-15(22)10-21(5)11-16(23)20-17(2,3)4/h6-9,12H,10-11H2,1-5H3,(H,19,22)(H,20,23)/p+1/t12-/m1/s1. The minimum absolute atomic E-state index is 0.0642. The number of benzene rings is 1. The van der Waals surface area contributed by atoms with Crippen molar-refractivity contribution in [1.82, 2.24) is 10.6 Å². The Hall–Kier alpha value is -1.59. The van der Waals surface area contributed by atoms with Gasteiger partial charge in [0.2, 0.25) is 0 Å². The van der Waals surface area contributed by atoms with Crippen molar-refractivity contribution in [2.24, 2.45) is 0 Å². The van der Waals surface area contributed by atoms with E-state index in [1.54, 1.807) is 6.07 Å². The average molecular weight is 341 g/mol. The van der Waals surface area contributed by atoms with Crippen LogP contribution in [-0.4, -0.2) is 37.5 Å². The van der Waals surface area contributed by atoms with Crippen molar-refractivity contribution in [3.63, 3.8) is 0 Å². The van der Waals surface area contributed by atoms with Gasteiger partial charge in [0.15, 0.2) is 13.1 Å². The second kappa shape index (κ2) is 8.31. The van der Waals surface area contributed by atoms with Gasteiger partial charge in [0.25, 0.3) is 11.8 Å². The van der Waals surface area contributed by atoms with Gasteiger partial charge < -0.3 is 15.5 Å². The molecule has 3 N–H and O–H groups in total. The largest absolute Gasteiger partial charge is 0.347 e. The highest BCUT2D eigenvalue weighted by atomic mass is 35.5. The number of hydrogen-bond acceptors (Lipinski definition) is 2. The van der Waals surface area contributed by atoms with Crippen molar-refractivity contribution in [1.29, 1.82) is 0 Å². The topological polar surface area (TPSA) is 62.6 Å². The molecule has 0 saturated heterocycles. The molecule has 5 nitrogen and oxygen atoms in total. The van der Waals surface area contributed by atoms with E-state index in [9.17, 15) is 9.59 Å². The van der Waals surface area contributed by atoms with Crippen LogP contribution < -0.4 is 15.5 Å². The Morgan fingerprint density at radius 2 is 1.83 bits per heavy atom. The zero-order valence-electron chi connectivity index (χ0n) is 14.5. The van der Waals surface area contributed by atoms with E-state index < -0.39 is 0 Å². The van der Waals surface area contributed by atoms with Gasteiger partial charge in [0, 0.05) is 10.6 Å². The zero-order chi connectivity index (χ0) is 17.6. The van der Waals surface area contributed by atoms with Crippen molar-refractivity contribution < 1.29 is 14.5 Å². The molecular weight excluding hydrogens is 314 g/mol. The Labute approximate surface area is 143 Å². The van der Waals surface area contributed by atoms with E-state index in [0.29, 0.717) is 5.02 Å². The Kier molecular flexibility index (Phi) is 7.03. The highest BCUT2D eigenvalue weighted by Crippen LogP contribution is 2.16. The van der Waals surface area contributed by atoms with Gasteiger partial charge in [-0.15, -0.1) is 0 Å². The molecule has 0 aliphatic carbocycles. The highest BCUT2D eigenvalue weighted by molar-refractivity contribution is 6.30. The molecule has 1 unspecified atom stereocenters. The van der Waals surface area contributed by atoms with Crippen LogP contribution in [-0.2, 0) is 9.59 Å². The maximum atomic E-state index is 12.1. The fraction of sp³-hybridized carbons (Fsp3) is 0.529. The Bertz CT molecular complexity index is 555. The summed E-state index contributed by atoms with van der Waals surface area (Å²) in [5.74, 6) is -0.163. The van der Waals surface area contributed by atoms with Crippen LogP contribution in [0.15, 0.2) is 24.3 Å². The van der Waals surface area contributed by atoms with E-state index in [1.165, 1.54) is 0 Å². The third kappa shape index (κ3) is 8.00. The van der Waals surface area contributed by atoms with Crippen molar-refractivity contribution in [3.05, 3.63) is 34.9 Å². The van der Waals surface area contributed by atoms with Gasteiger partial charge >= 0.3 is 0 Å². The first-order valence-corrected chi connectivity index (χ1v) is 8.12. The number of nitrogens with one attached hydrogen (secondary N) is 3. The van der Waals surface area contributed by atoms with Crippen LogP contribution in [0.25, 0.3) is 0 Å². The lowest BCUT2D eigenvalue weighted by molar-refractivity contribution is -0.862. The molecule has 128 valence electrons. The molecule has 1 aromatic rings. The fourth-order valence-corrected chi connectivity index (χ4v) is 2.42. The molecule has 0 spiro atoms. The van der Waals surface area contributed by atoms with Crippen molar-refractivity contribution in [2.45, 2.75) is 39.3 Å². The zero-order valence-corrected chi connectivity index (χ0v) is 15.3. The van der Waals surface area contributed by atoms with Gasteiger partial charge in [-0.1, -0.05) is 23.7 Å². The maximum absolute atomic E-state index is 12.1. The minimum Gasteiger partial charge on any atom is -0.347 e. The molecule has 0 saturated carbocycles.